The maximum absolute atomic E-state index is 13.1. The third kappa shape index (κ3) is 4.14. The fourth-order valence-corrected chi connectivity index (χ4v) is 3.05. The summed E-state index contributed by atoms with van der Waals surface area (Å²) in [5.41, 5.74) is 2.07. The predicted molar refractivity (Wildman–Crippen MR) is 93.0 cm³/mol. The molecule has 26 heavy (non-hydrogen) atoms. The van der Waals surface area contributed by atoms with Crippen LogP contribution in [0, 0.1) is 12.7 Å². The molecule has 0 aliphatic carbocycles. The first-order valence-corrected chi connectivity index (χ1v) is 8.84. The molecular weight excluding hydrogens is 381 g/mol. The summed E-state index contributed by atoms with van der Waals surface area (Å²) in [5, 5.41) is 18.3. The van der Waals surface area contributed by atoms with Gasteiger partial charge in [0.25, 0.3) is 5.03 Å². The van der Waals surface area contributed by atoms with Crippen LogP contribution >= 0.6 is 23.4 Å². The number of nitrogens with one attached hydrogen (secondary N) is 1. The Labute approximate surface area is 157 Å². The number of benzene rings is 2. The van der Waals surface area contributed by atoms with Gasteiger partial charge in [0.2, 0.25) is 11.6 Å². The average Bonchev–Trinajstić information content (AvgIpc) is 2.98. The largest absolute Gasteiger partial charge is 0.538 e. The first-order valence-electron chi connectivity index (χ1n) is 7.48. The zero-order chi connectivity index (χ0) is 18.7. The first kappa shape index (κ1) is 18.2. The number of amides is 1. The Kier molecular flexibility index (Phi) is 5.43. The Morgan fingerprint density at radius 3 is 2.77 bits per heavy atom. The fourth-order valence-electron chi connectivity index (χ4n) is 2.12. The van der Waals surface area contributed by atoms with Crippen LogP contribution in [0.15, 0.2) is 52.0 Å². The van der Waals surface area contributed by atoms with Crippen molar-refractivity contribution < 1.29 is 23.5 Å². The van der Waals surface area contributed by atoms with Crippen LogP contribution in [0.5, 0.6) is 5.95 Å². The maximum Gasteiger partial charge on any atom is 0.298 e. The summed E-state index contributed by atoms with van der Waals surface area (Å²) in [6, 6.07) is 11.2. The summed E-state index contributed by atoms with van der Waals surface area (Å²) in [6.45, 7) is 1.94. The van der Waals surface area contributed by atoms with Crippen molar-refractivity contribution in [2.75, 3.05) is 11.1 Å². The summed E-state index contributed by atoms with van der Waals surface area (Å²) in [5.74, 6) is -1.64. The van der Waals surface area contributed by atoms with Crippen LogP contribution in [0.4, 0.5) is 10.1 Å². The second-order valence-corrected chi connectivity index (χ2v) is 6.75. The first-order chi connectivity index (χ1) is 12.4. The van der Waals surface area contributed by atoms with Gasteiger partial charge < -0.3 is 14.9 Å². The standard InChI is InChI=1S/C17H13ClFN3O3S/c1-10-2-5-12(6-3-10)22-16(17(24)25-21-22)26-9-15(23)20-11-4-7-14(19)13(18)8-11/h2-8H,9H2,1H3,(H-,20,21,23,24). The van der Waals surface area contributed by atoms with E-state index in [1.54, 1.807) is 12.1 Å². The molecule has 0 saturated carbocycles. The summed E-state index contributed by atoms with van der Waals surface area (Å²) < 4.78 is 19.2. The molecule has 0 aliphatic heterocycles. The molecule has 0 aliphatic rings. The third-order valence-corrected chi connectivity index (χ3v) is 4.70. The lowest BCUT2D eigenvalue weighted by atomic mass is 10.2. The van der Waals surface area contributed by atoms with E-state index in [1.807, 2.05) is 19.1 Å². The Morgan fingerprint density at radius 2 is 2.08 bits per heavy atom. The van der Waals surface area contributed by atoms with Gasteiger partial charge in [-0.25, -0.2) is 4.39 Å². The van der Waals surface area contributed by atoms with Gasteiger partial charge in [-0.05, 0) is 41.6 Å². The van der Waals surface area contributed by atoms with Crippen molar-refractivity contribution in [1.82, 2.24) is 5.27 Å². The van der Waals surface area contributed by atoms with E-state index >= 15 is 0 Å². The minimum atomic E-state index is -0.631. The molecule has 0 unspecified atom stereocenters. The number of thioether (sulfide) groups is 1. The second kappa shape index (κ2) is 7.76. The zero-order valence-corrected chi connectivity index (χ0v) is 15.1. The lowest BCUT2D eigenvalue weighted by Crippen LogP contribution is -2.35. The molecule has 0 atom stereocenters. The Bertz CT molecular complexity index is 947. The number of halogens is 2. The van der Waals surface area contributed by atoms with Crippen LogP contribution in [0.1, 0.15) is 5.56 Å². The number of aromatic nitrogens is 2. The van der Waals surface area contributed by atoms with E-state index in [9.17, 15) is 14.3 Å². The smallest absolute Gasteiger partial charge is 0.298 e. The van der Waals surface area contributed by atoms with Gasteiger partial charge in [-0.3, -0.25) is 4.79 Å². The van der Waals surface area contributed by atoms with E-state index in [2.05, 4.69) is 10.6 Å². The third-order valence-electron chi connectivity index (χ3n) is 3.39. The lowest BCUT2D eigenvalue weighted by Gasteiger charge is -2.05. The van der Waals surface area contributed by atoms with E-state index in [-0.39, 0.29) is 21.7 Å². The zero-order valence-electron chi connectivity index (χ0n) is 13.5. The molecule has 1 heterocycles. The van der Waals surface area contributed by atoms with Crippen LogP contribution < -0.4 is 15.1 Å². The van der Waals surface area contributed by atoms with Gasteiger partial charge in [0.15, 0.2) is 5.95 Å². The number of rotatable bonds is 5. The van der Waals surface area contributed by atoms with Crippen molar-refractivity contribution >= 4 is 35.0 Å². The molecule has 1 N–H and O–H groups in total. The van der Waals surface area contributed by atoms with Crippen LogP contribution in [-0.2, 0) is 4.79 Å². The molecule has 2 aromatic carbocycles. The van der Waals surface area contributed by atoms with Crippen LogP contribution in [0.3, 0.4) is 0 Å². The molecular formula is C17H13ClFN3O3S. The van der Waals surface area contributed by atoms with Gasteiger partial charge in [-0.2, -0.15) is 0 Å². The average molecular weight is 394 g/mol. The molecule has 1 aromatic heterocycles. The maximum atomic E-state index is 13.1. The topological polar surface area (TPSA) is 82.1 Å². The predicted octanol–water partition coefficient (Wildman–Crippen LogP) is 2.86. The van der Waals surface area contributed by atoms with E-state index in [0.29, 0.717) is 11.4 Å². The number of hydrogen-bond acceptors (Lipinski definition) is 5. The summed E-state index contributed by atoms with van der Waals surface area (Å²) >= 11 is 6.67. The van der Waals surface area contributed by atoms with Crippen molar-refractivity contribution in [3.63, 3.8) is 0 Å². The fraction of sp³-hybridized carbons (Fsp3) is 0.118. The molecule has 0 bridgehead atoms. The highest BCUT2D eigenvalue weighted by Gasteiger charge is 2.22. The number of hydrogen-bond donors (Lipinski definition) is 1. The van der Waals surface area contributed by atoms with Gasteiger partial charge >= 0.3 is 0 Å². The van der Waals surface area contributed by atoms with E-state index in [1.165, 1.54) is 16.8 Å². The van der Waals surface area contributed by atoms with Gasteiger partial charge in [-0.1, -0.05) is 29.3 Å². The summed E-state index contributed by atoms with van der Waals surface area (Å²) in [7, 11) is 0. The minimum absolute atomic E-state index is 0.0582. The van der Waals surface area contributed by atoms with Crippen molar-refractivity contribution in [2.45, 2.75) is 11.9 Å². The van der Waals surface area contributed by atoms with Gasteiger partial charge in [0.05, 0.1) is 16.0 Å². The van der Waals surface area contributed by atoms with Gasteiger partial charge in [-0.15, -0.1) is 0 Å². The number of aryl methyl sites for hydroxylation is 1. The normalized spacial score (nSPS) is 10.7. The monoisotopic (exact) mass is 393 g/mol. The van der Waals surface area contributed by atoms with Crippen LogP contribution in [0.2, 0.25) is 5.02 Å². The quantitative estimate of drug-likeness (QED) is 0.532. The van der Waals surface area contributed by atoms with E-state index < -0.39 is 11.8 Å². The van der Waals surface area contributed by atoms with Crippen LogP contribution in [0.25, 0.3) is 5.69 Å². The number of nitrogens with zero attached hydrogens (tertiary/aromatic N) is 2. The van der Waals surface area contributed by atoms with Crippen molar-refractivity contribution in [2.24, 2.45) is 0 Å². The molecule has 3 aromatic rings. The molecule has 9 heteroatoms. The highest BCUT2D eigenvalue weighted by Crippen LogP contribution is 2.24. The highest BCUT2D eigenvalue weighted by atomic mass is 35.5. The van der Waals surface area contributed by atoms with Gasteiger partial charge in [0.1, 0.15) is 5.82 Å². The molecule has 3 rings (SSSR count). The highest BCUT2D eigenvalue weighted by molar-refractivity contribution is 7.99. The molecule has 0 saturated heterocycles. The van der Waals surface area contributed by atoms with Crippen molar-refractivity contribution in [1.29, 1.82) is 0 Å². The Balaban J connectivity index is 1.69. The SMILES string of the molecule is Cc1ccc(-[n+]2noc([O-])c2SCC(=O)Nc2ccc(F)c(Cl)c2)cc1. The van der Waals surface area contributed by atoms with E-state index in [4.69, 9.17) is 16.1 Å². The van der Waals surface area contributed by atoms with Gasteiger partial charge in [0, 0.05) is 17.8 Å². The molecule has 0 fully saturated rings. The minimum Gasteiger partial charge on any atom is -0.538 e. The second-order valence-electron chi connectivity index (χ2n) is 5.38. The number of anilines is 1. The molecule has 134 valence electrons. The molecule has 1 amide bonds. The molecule has 0 spiro atoms. The molecule has 0 radical (unpaired) electrons. The summed E-state index contributed by atoms with van der Waals surface area (Å²) in [4.78, 5) is 12.1. The van der Waals surface area contributed by atoms with E-state index in [0.717, 1.165) is 23.4 Å². The summed E-state index contributed by atoms with van der Waals surface area (Å²) in [6.07, 6.45) is 0. The van der Waals surface area contributed by atoms with Crippen molar-refractivity contribution in [3.05, 3.63) is 58.9 Å². The Hall–Kier alpha value is -2.58. The van der Waals surface area contributed by atoms with Crippen molar-refractivity contribution in [3.8, 4) is 11.6 Å². The number of carbonyl (C=O) groups excluding carboxylic acids is 1. The number of carbonyl (C=O) groups is 1. The molecule has 6 nitrogen and oxygen atoms in total. The Morgan fingerprint density at radius 1 is 1.35 bits per heavy atom. The van der Waals surface area contributed by atoms with Crippen LogP contribution in [-0.4, -0.2) is 16.9 Å². The lowest BCUT2D eigenvalue weighted by molar-refractivity contribution is -0.705.